The predicted molar refractivity (Wildman–Crippen MR) is 66.1 cm³/mol. The molecule has 0 bridgehead atoms. The van der Waals surface area contributed by atoms with Gasteiger partial charge in [0.25, 0.3) is 0 Å². The lowest BCUT2D eigenvalue weighted by molar-refractivity contribution is 0.281. The summed E-state index contributed by atoms with van der Waals surface area (Å²) in [6.07, 6.45) is 1.47. The molecule has 2 rings (SSSR count). The smallest absolute Gasteiger partial charge is 0.242 e. The maximum Gasteiger partial charge on any atom is 0.242 e. The Hall–Kier alpha value is -1.78. The normalized spacial score (nSPS) is 10.2. The Kier molecular flexibility index (Phi) is 3.46. The summed E-state index contributed by atoms with van der Waals surface area (Å²) in [7, 11) is 0. The van der Waals surface area contributed by atoms with Crippen LogP contribution in [0, 0.1) is 0 Å². The minimum absolute atomic E-state index is 0.00160. The Morgan fingerprint density at radius 1 is 1.29 bits per heavy atom. The van der Waals surface area contributed by atoms with E-state index in [4.69, 9.17) is 27.2 Å². The molecule has 0 atom stereocenters. The van der Waals surface area contributed by atoms with Gasteiger partial charge in [-0.15, -0.1) is 0 Å². The first-order valence-corrected chi connectivity index (χ1v) is 5.35. The lowest BCUT2D eigenvalue weighted by atomic mass is 10.2. The van der Waals surface area contributed by atoms with E-state index < -0.39 is 0 Å². The Bertz CT molecular complexity index is 514. The molecule has 0 saturated heterocycles. The van der Waals surface area contributed by atoms with E-state index in [0.29, 0.717) is 22.3 Å². The van der Waals surface area contributed by atoms with Crippen LogP contribution in [-0.2, 0) is 6.61 Å². The van der Waals surface area contributed by atoms with Gasteiger partial charge in [0.05, 0.1) is 17.3 Å². The van der Waals surface area contributed by atoms with E-state index in [9.17, 15) is 0 Å². The second-order valence-electron chi connectivity index (χ2n) is 3.45. The molecule has 88 valence electrons. The van der Waals surface area contributed by atoms with Gasteiger partial charge in [-0.25, -0.2) is 4.98 Å². The fourth-order valence-electron chi connectivity index (χ4n) is 1.30. The van der Waals surface area contributed by atoms with Crippen molar-refractivity contribution in [1.29, 1.82) is 0 Å². The van der Waals surface area contributed by atoms with E-state index in [-0.39, 0.29) is 6.61 Å². The molecule has 3 N–H and O–H groups in total. The number of rotatable bonds is 3. The van der Waals surface area contributed by atoms with Gasteiger partial charge >= 0.3 is 0 Å². The van der Waals surface area contributed by atoms with Crippen molar-refractivity contribution < 1.29 is 9.84 Å². The number of hydrogen-bond donors (Lipinski definition) is 2. The van der Waals surface area contributed by atoms with Crippen LogP contribution >= 0.6 is 11.6 Å². The Morgan fingerprint density at radius 2 is 2.00 bits per heavy atom. The number of aliphatic hydroxyl groups is 1. The molecule has 0 saturated carbocycles. The number of nitrogens with zero attached hydrogens (tertiary/aromatic N) is 1. The first-order chi connectivity index (χ1) is 8.19. The largest absolute Gasteiger partial charge is 0.437 e. The Morgan fingerprint density at radius 3 is 2.59 bits per heavy atom. The van der Waals surface area contributed by atoms with Gasteiger partial charge in [0, 0.05) is 6.20 Å². The van der Waals surface area contributed by atoms with E-state index in [2.05, 4.69) is 4.98 Å². The highest BCUT2D eigenvalue weighted by molar-refractivity contribution is 6.30. The van der Waals surface area contributed by atoms with Crippen molar-refractivity contribution in [3.63, 3.8) is 0 Å². The first kappa shape index (κ1) is 11.7. The number of benzene rings is 1. The van der Waals surface area contributed by atoms with Crippen LogP contribution in [0.2, 0.25) is 5.02 Å². The molecular weight excluding hydrogens is 240 g/mol. The fourth-order valence-corrected chi connectivity index (χ4v) is 1.47. The SMILES string of the molecule is Nc1cc(Cl)cnc1Oc1ccc(CO)cc1. The zero-order valence-electron chi connectivity index (χ0n) is 8.93. The minimum Gasteiger partial charge on any atom is -0.437 e. The number of anilines is 1. The molecule has 2 aromatic rings. The van der Waals surface area contributed by atoms with Crippen molar-refractivity contribution in [1.82, 2.24) is 4.98 Å². The standard InChI is InChI=1S/C12H11ClN2O2/c13-9-5-11(14)12(15-6-9)17-10-3-1-8(7-16)2-4-10/h1-6,16H,7,14H2. The van der Waals surface area contributed by atoms with E-state index >= 15 is 0 Å². The lowest BCUT2D eigenvalue weighted by Crippen LogP contribution is -1.95. The second-order valence-corrected chi connectivity index (χ2v) is 3.89. The van der Waals surface area contributed by atoms with Crippen LogP contribution in [0.5, 0.6) is 11.6 Å². The molecule has 1 aromatic carbocycles. The number of nitrogen functional groups attached to an aromatic ring is 1. The predicted octanol–water partition coefficient (Wildman–Crippen LogP) is 2.60. The molecule has 17 heavy (non-hydrogen) atoms. The van der Waals surface area contributed by atoms with Crippen LogP contribution in [0.3, 0.4) is 0 Å². The summed E-state index contributed by atoms with van der Waals surface area (Å²) in [5, 5.41) is 9.37. The molecule has 0 spiro atoms. The third-order valence-electron chi connectivity index (χ3n) is 2.17. The summed E-state index contributed by atoms with van der Waals surface area (Å²) in [5.41, 5.74) is 6.91. The van der Waals surface area contributed by atoms with Gasteiger partial charge in [-0.2, -0.15) is 0 Å². The number of aliphatic hydroxyl groups excluding tert-OH is 1. The molecule has 0 amide bonds. The van der Waals surface area contributed by atoms with Gasteiger partial charge in [-0.05, 0) is 23.8 Å². The van der Waals surface area contributed by atoms with E-state index in [1.165, 1.54) is 6.20 Å². The molecule has 0 radical (unpaired) electrons. The summed E-state index contributed by atoms with van der Waals surface area (Å²) >= 11 is 5.73. The summed E-state index contributed by atoms with van der Waals surface area (Å²) in [6, 6.07) is 8.58. The average molecular weight is 251 g/mol. The van der Waals surface area contributed by atoms with E-state index in [0.717, 1.165) is 5.56 Å². The highest BCUT2D eigenvalue weighted by atomic mass is 35.5. The fraction of sp³-hybridized carbons (Fsp3) is 0.0833. The summed E-state index contributed by atoms with van der Waals surface area (Å²) in [5.74, 6) is 0.912. The van der Waals surface area contributed by atoms with Gasteiger partial charge < -0.3 is 15.6 Å². The number of ether oxygens (including phenoxy) is 1. The minimum atomic E-state index is 0.00160. The van der Waals surface area contributed by atoms with Gasteiger partial charge in [-0.1, -0.05) is 23.7 Å². The monoisotopic (exact) mass is 250 g/mol. The Labute approximate surface area is 104 Å². The van der Waals surface area contributed by atoms with Gasteiger partial charge in [0.2, 0.25) is 5.88 Å². The lowest BCUT2D eigenvalue weighted by Gasteiger charge is -2.07. The molecular formula is C12H11ClN2O2. The van der Waals surface area contributed by atoms with E-state index in [1.54, 1.807) is 30.3 Å². The molecule has 0 aliphatic carbocycles. The average Bonchev–Trinajstić information content (AvgIpc) is 2.34. The topological polar surface area (TPSA) is 68.4 Å². The summed E-state index contributed by atoms with van der Waals surface area (Å²) < 4.78 is 5.49. The maximum atomic E-state index is 8.91. The highest BCUT2D eigenvalue weighted by Gasteiger charge is 2.04. The molecule has 1 heterocycles. The molecule has 1 aromatic heterocycles. The maximum absolute atomic E-state index is 8.91. The number of halogens is 1. The zero-order valence-corrected chi connectivity index (χ0v) is 9.69. The van der Waals surface area contributed by atoms with Crippen molar-refractivity contribution in [2.24, 2.45) is 0 Å². The van der Waals surface area contributed by atoms with Crippen LogP contribution in [-0.4, -0.2) is 10.1 Å². The van der Waals surface area contributed by atoms with Crippen LogP contribution in [0.25, 0.3) is 0 Å². The molecule has 0 aliphatic rings. The van der Waals surface area contributed by atoms with Crippen molar-refractivity contribution in [3.8, 4) is 11.6 Å². The molecule has 0 unspecified atom stereocenters. The van der Waals surface area contributed by atoms with Crippen molar-refractivity contribution in [2.75, 3.05) is 5.73 Å². The van der Waals surface area contributed by atoms with Gasteiger partial charge in [-0.3, -0.25) is 0 Å². The van der Waals surface area contributed by atoms with E-state index in [1.807, 2.05) is 0 Å². The zero-order chi connectivity index (χ0) is 12.3. The van der Waals surface area contributed by atoms with Gasteiger partial charge in [0.15, 0.2) is 0 Å². The first-order valence-electron chi connectivity index (χ1n) is 4.97. The summed E-state index contributed by atoms with van der Waals surface area (Å²) in [6.45, 7) is 0.00160. The van der Waals surface area contributed by atoms with Gasteiger partial charge in [0.1, 0.15) is 5.75 Å². The molecule has 0 fully saturated rings. The molecule has 0 aliphatic heterocycles. The van der Waals surface area contributed by atoms with Crippen LogP contribution in [0.15, 0.2) is 36.5 Å². The molecule has 4 nitrogen and oxygen atoms in total. The Balaban J connectivity index is 2.19. The number of pyridine rings is 1. The third-order valence-corrected chi connectivity index (χ3v) is 2.37. The van der Waals surface area contributed by atoms with Crippen molar-refractivity contribution >= 4 is 17.3 Å². The number of hydrogen-bond acceptors (Lipinski definition) is 4. The summed E-state index contributed by atoms with van der Waals surface area (Å²) in [4.78, 5) is 3.99. The van der Waals surface area contributed by atoms with Crippen LogP contribution < -0.4 is 10.5 Å². The highest BCUT2D eigenvalue weighted by Crippen LogP contribution is 2.27. The van der Waals surface area contributed by atoms with Crippen LogP contribution in [0.4, 0.5) is 5.69 Å². The quantitative estimate of drug-likeness (QED) is 0.879. The molecule has 5 heteroatoms. The third kappa shape index (κ3) is 2.87. The van der Waals surface area contributed by atoms with Crippen molar-refractivity contribution in [2.45, 2.75) is 6.61 Å². The number of aromatic nitrogens is 1. The van der Waals surface area contributed by atoms with Crippen LogP contribution in [0.1, 0.15) is 5.56 Å². The van der Waals surface area contributed by atoms with Crippen molar-refractivity contribution in [3.05, 3.63) is 47.1 Å². The second kappa shape index (κ2) is 5.03. The number of nitrogens with two attached hydrogens (primary N) is 1.